The smallest absolute Gasteiger partial charge is 0.421 e. The summed E-state index contributed by atoms with van der Waals surface area (Å²) >= 11 is 0. The summed E-state index contributed by atoms with van der Waals surface area (Å²) in [4.78, 5) is 10.5. The van der Waals surface area contributed by atoms with Crippen molar-refractivity contribution < 1.29 is 9.90 Å². The summed E-state index contributed by atoms with van der Waals surface area (Å²) in [5, 5.41) is 11.4. The number of hydrogen-bond acceptors (Lipinski definition) is 3. The highest BCUT2D eigenvalue weighted by atomic mass is 16.4. The zero-order valence-electron chi connectivity index (χ0n) is 6.95. The molecule has 0 spiro atoms. The highest BCUT2D eigenvalue weighted by Gasteiger charge is 2.13. The van der Waals surface area contributed by atoms with Crippen molar-refractivity contribution in [2.45, 2.75) is 6.92 Å². The van der Waals surface area contributed by atoms with Crippen LogP contribution in [0.25, 0.3) is 0 Å². The molecule has 0 aliphatic rings. The van der Waals surface area contributed by atoms with Gasteiger partial charge >= 0.3 is 6.09 Å². The maximum atomic E-state index is 10.5. The van der Waals surface area contributed by atoms with E-state index >= 15 is 0 Å². The molecule has 0 fully saturated rings. The summed E-state index contributed by atoms with van der Waals surface area (Å²) < 4.78 is 0. The van der Waals surface area contributed by atoms with Crippen LogP contribution in [0.5, 0.6) is 0 Å². The predicted octanol–water partition coefficient (Wildman–Crippen LogP) is -0.208. The lowest BCUT2D eigenvalue weighted by molar-refractivity contribution is 0.0181. The molecule has 0 saturated heterocycles. The van der Waals surface area contributed by atoms with E-state index in [4.69, 9.17) is 10.8 Å². The summed E-state index contributed by atoms with van der Waals surface area (Å²) in [6, 6.07) is 0. The van der Waals surface area contributed by atoms with Crippen molar-refractivity contribution in [2.75, 3.05) is 26.7 Å². The lowest BCUT2D eigenvalue weighted by Gasteiger charge is -2.27. The molecule has 0 rings (SSSR count). The van der Waals surface area contributed by atoms with Crippen LogP contribution in [0.15, 0.2) is 0 Å². The van der Waals surface area contributed by atoms with Crippen molar-refractivity contribution in [3.63, 3.8) is 0 Å². The van der Waals surface area contributed by atoms with E-state index < -0.39 is 6.09 Å². The fraction of sp³-hybridized carbons (Fsp3) is 0.833. The average molecular weight is 161 g/mol. The summed E-state index contributed by atoms with van der Waals surface area (Å²) in [6.07, 6.45) is -0.941. The van der Waals surface area contributed by atoms with Gasteiger partial charge in [-0.25, -0.2) is 14.8 Å². The molecule has 0 bridgehead atoms. The number of rotatable bonds is 4. The molecule has 5 nitrogen and oxygen atoms in total. The molecule has 11 heavy (non-hydrogen) atoms. The molecule has 0 atom stereocenters. The molecule has 5 heteroatoms. The van der Waals surface area contributed by atoms with Gasteiger partial charge in [0, 0.05) is 26.7 Å². The Morgan fingerprint density at radius 3 is 2.45 bits per heavy atom. The van der Waals surface area contributed by atoms with Gasteiger partial charge in [-0.15, -0.1) is 0 Å². The zero-order chi connectivity index (χ0) is 8.85. The number of amides is 1. The van der Waals surface area contributed by atoms with Crippen LogP contribution in [0.4, 0.5) is 4.79 Å². The van der Waals surface area contributed by atoms with Gasteiger partial charge in [-0.2, -0.15) is 0 Å². The van der Waals surface area contributed by atoms with Crippen LogP contribution in [0.1, 0.15) is 6.92 Å². The van der Waals surface area contributed by atoms with Gasteiger partial charge in [0.15, 0.2) is 0 Å². The van der Waals surface area contributed by atoms with Crippen molar-refractivity contribution in [3.8, 4) is 0 Å². The number of likely N-dealkylation sites (N-methyl/N-ethyl adjacent to an activating group) is 1. The summed E-state index contributed by atoms with van der Waals surface area (Å²) in [5.41, 5.74) is 5.26. The lowest BCUT2D eigenvalue weighted by Crippen LogP contribution is -2.45. The SMILES string of the molecule is CCN(C(=O)O)N(C)CCN. The second-order valence-corrected chi connectivity index (χ2v) is 2.17. The Hall–Kier alpha value is -0.810. The average Bonchev–Trinajstić information content (AvgIpc) is 1.88. The van der Waals surface area contributed by atoms with Crippen molar-refractivity contribution >= 4 is 6.09 Å². The third kappa shape index (κ3) is 3.20. The van der Waals surface area contributed by atoms with E-state index in [0.29, 0.717) is 19.6 Å². The van der Waals surface area contributed by atoms with E-state index in [1.54, 1.807) is 19.0 Å². The third-order valence-corrected chi connectivity index (χ3v) is 1.39. The molecule has 66 valence electrons. The quantitative estimate of drug-likeness (QED) is 0.560. The van der Waals surface area contributed by atoms with E-state index in [9.17, 15) is 4.79 Å². The molecule has 0 unspecified atom stereocenters. The fourth-order valence-corrected chi connectivity index (χ4v) is 0.830. The molecular weight excluding hydrogens is 146 g/mol. The largest absolute Gasteiger partial charge is 0.464 e. The molecule has 0 aliphatic heterocycles. The van der Waals surface area contributed by atoms with E-state index in [-0.39, 0.29) is 0 Å². The number of hydrazine groups is 1. The Morgan fingerprint density at radius 2 is 2.18 bits per heavy atom. The van der Waals surface area contributed by atoms with E-state index in [0.717, 1.165) is 0 Å². The molecule has 0 saturated carbocycles. The first-order valence-corrected chi connectivity index (χ1v) is 3.55. The Labute approximate surface area is 66.3 Å². The first-order valence-electron chi connectivity index (χ1n) is 3.55. The fourth-order valence-electron chi connectivity index (χ4n) is 0.830. The number of carboxylic acid groups (broad SMARTS) is 1. The van der Waals surface area contributed by atoms with Crippen LogP contribution in [0.3, 0.4) is 0 Å². The molecule has 0 aliphatic carbocycles. The number of hydrogen-bond donors (Lipinski definition) is 2. The van der Waals surface area contributed by atoms with Gasteiger partial charge in [0.05, 0.1) is 0 Å². The predicted molar refractivity (Wildman–Crippen MR) is 42.1 cm³/mol. The summed E-state index contributed by atoms with van der Waals surface area (Å²) in [7, 11) is 1.70. The van der Waals surface area contributed by atoms with Crippen molar-refractivity contribution in [1.82, 2.24) is 10.0 Å². The monoisotopic (exact) mass is 161 g/mol. The van der Waals surface area contributed by atoms with Crippen molar-refractivity contribution in [3.05, 3.63) is 0 Å². The first-order chi connectivity index (χ1) is 5.13. The Kier molecular flexibility index (Phi) is 4.56. The van der Waals surface area contributed by atoms with Crippen LogP contribution < -0.4 is 5.73 Å². The first kappa shape index (κ1) is 10.2. The van der Waals surface area contributed by atoms with Gasteiger partial charge in [-0.3, -0.25) is 0 Å². The van der Waals surface area contributed by atoms with Gasteiger partial charge in [-0.05, 0) is 6.92 Å². The molecule has 3 N–H and O–H groups in total. The molecular formula is C6H15N3O2. The standard InChI is InChI=1S/C6H15N3O2/c1-3-9(6(10)11)8(2)5-4-7/h3-5,7H2,1-2H3,(H,10,11). The van der Waals surface area contributed by atoms with Gasteiger partial charge < -0.3 is 10.8 Å². The van der Waals surface area contributed by atoms with Crippen LogP contribution >= 0.6 is 0 Å². The van der Waals surface area contributed by atoms with Gasteiger partial charge in [0.1, 0.15) is 0 Å². The lowest BCUT2D eigenvalue weighted by atomic mass is 10.6. The highest BCUT2D eigenvalue weighted by molar-refractivity contribution is 5.64. The minimum atomic E-state index is -0.941. The number of carbonyl (C=O) groups is 1. The maximum Gasteiger partial charge on any atom is 0.421 e. The number of nitrogens with two attached hydrogens (primary N) is 1. The van der Waals surface area contributed by atoms with E-state index in [1.165, 1.54) is 5.01 Å². The maximum absolute atomic E-state index is 10.5. The van der Waals surface area contributed by atoms with Crippen LogP contribution in [-0.2, 0) is 0 Å². The van der Waals surface area contributed by atoms with E-state index in [1.807, 2.05) is 0 Å². The van der Waals surface area contributed by atoms with Crippen LogP contribution in [0.2, 0.25) is 0 Å². The van der Waals surface area contributed by atoms with Crippen LogP contribution in [-0.4, -0.2) is 47.9 Å². The Morgan fingerprint density at radius 1 is 1.64 bits per heavy atom. The van der Waals surface area contributed by atoms with Gasteiger partial charge in [-0.1, -0.05) is 0 Å². The second-order valence-electron chi connectivity index (χ2n) is 2.17. The topological polar surface area (TPSA) is 69.8 Å². The highest BCUT2D eigenvalue weighted by Crippen LogP contribution is 1.93. The van der Waals surface area contributed by atoms with Crippen molar-refractivity contribution in [2.24, 2.45) is 5.73 Å². The summed E-state index contributed by atoms with van der Waals surface area (Å²) in [5.74, 6) is 0. The molecule has 0 radical (unpaired) electrons. The zero-order valence-corrected chi connectivity index (χ0v) is 6.95. The molecule has 0 aromatic rings. The third-order valence-electron chi connectivity index (χ3n) is 1.39. The molecule has 0 aromatic carbocycles. The molecule has 0 aromatic heterocycles. The second kappa shape index (κ2) is 4.92. The minimum absolute atomic E-state index is 0.450. The molecule has 0 heterocycles. The van der Waals surface area contributed by atoms with Crippen molar-refractivity contribution in [1.29, 1.82) is 0 Å². The van der Waals surface area contributed by atoms with E-state index in [2.05, 4.69) is 0 Å². The Balaban J connectivity index is 3.91. The Bertz CT molecular complexity index is 129. The normalized spacial score (nSPS) is 10.2. The minimum Gasteiger partial charge on any atom is -0.464 e. The van der Waals surface area contributed by atoms with Gasteiger partial charge in [0.25, 0.3) is 0 Å². The van der Waals surface area contributed by atoms with Crippen LogP contribution in [0, 0.1) is 0 Å². The summed E-state index contributed by atoms with van der Waals surface area (Å²) in [6.45, 7) is 3.24. The number of nitrogens with zero attached hydrogens (tertiary/aromatic N) is 2. The molecule has 1 amide bonds. The van der Waals surface area contributed by atoms with Gasteiger partial charge in [0.2, 0.25) is 0 Å².